The molecule has 1 aromatic rings. The van der Waals surface area contributed by atoms with E-state index in [4.69, 9.17) is 11.6 Å². The lowest BCUT2D eigenvalue weighted by Crippen LogP contribution is -2.19. The van der Waals surface area contributed by atoms with Crippen molar-refractivity contribution in [3.63, 3.8) is 0 Å². The van der Waals surface area contributed by atoms with E-state index in [9.17, 15) is 0 Å². The van der Waals surface area contributed by atoms with Crippen LogP contribution in [-0.2, 0) is 6.54 Å². The second-order valence-corrected chi connectivity index (χ2v) is 5.66. The highest BCUT2D eigenvalue weighted by molar-refractivity contribution is 9.10. The maximum Gasteiger partial charge on any atom is 0.0241 e. The second kappa shape index (κ2) is 8.96. The number of unbranched alkanes of at least 4 members (excludes halogenated alkanes) is 3. The minimum absolute atomic E-state index is 0.798. The van der Waals surface area contributed by atoms with E-state index in [0.29, 0.717) is 0 Å². The van der Waals surface area contributed by atoms with E-state index in [1.807, 2.05) is 0 Å². The van der Waals surface area contributed by atoms with Crippen LogP contribution >= 0.6 is 27.5 Å². The van der Waals surface area contributed by atoms with Gasteiger partial charge in [-0.1, -0.05) is 47.0 Å². The molecule has 0 aliphatic heterocycles. The smallest absolute Gasteiger partial charge is 0.0241 e. The molecule has 1 aromatic carbocycles. The first-order valence-corrected chi connectivity index (χ1v) is 7.54. The number of hydrogen-bond acceptors (Lipinski definition) is 1. The van der Waals surface area contributed by atoms with Crippen molar-refractivity contribution < 1.29 is 0 Å². The van der Waals surface area contributed by atoms with Gasteiger partial charge in [-0.25, -0.2) is 0 Å². The molecule has 96 valence electrons. The summed E-state index contributed by atoms with van der Waals surface area (Å²) in [5.74, 6) is 0.798. The molecule has 1 rings (SSSR count). The Hall–Kier alpha value is -0.0500. The molecule has 0 unspecified atom stereocenters. The number of hydrogen-bond donors (Lipinski definition) is 0. The van der Waals surface area contributed by atoms with Crippen LogP contribution in [0, 0.1) is 0 Å². The van der Waals surface area contributed by atoms with Crippen molar-refractivity contribution in [2.24, 2.45) is 0 Å². The maximum absolute atomic E-state index is 5.65. The summed E-state index contributed by atoms with van der Waals surface area (Å²) >= 11 is 9.24. The van der Waals surface area contributed by atoms with Gasteiger partial charge in [-0.3, -0.25) is 0 Å². The van der Waals surface area contributed by atoms with Crippen LogP contribution in [0.1, 0.15) is 31.2 Å². The van der Waals surface area contributed by atoms with Crippen molar-refractivity contribution >= 4 is 27.5 Å². The SMILES string of the molecule is CN(CCCCCCCl)Cc1ccccc1Br. The predicted octanol–water partition coefficient (Wildman–Crippen LogP) is 4.68. The van der Waals surface area contributed by atoms with E-state index < -0.39 is 0 Å². The van der Waals surface area contributed by atoms with E-state index >= 15 is 0 Å². The fourth-order valence-electron chi connectivity index (χ4n) is 1.83. The van der Waals surface area contributed by atoms with Crippen LogP contribution in [-0.4, -0.2) is 24.4 Å². The Kier molecular flexibility index (Phi) is 7.91. The van der Waals surface area contributed by atoms with Gasteiger partial charge in [0.1, 0.15) is 0 Å². The molecule has 1 nitrogen and oxygen atoms in total. The van der Waals surface area contributed by atoms with Crippen molar-refractivity contribution in [1.29, 1.82) is 0 Å². The van der Waals surface area contributed by atoms with Gasteiger partial charge in [0.2, 0.25) is 0 Å². The number of nitrogens with zero attached hydrogens (tertiary/aromatic N) is 1. The lowest BCUT2D eigenvalue weighted by atomic mass is 10.2. The molecule has 0 bridgehead atoms. The van der Waals surface area contributed by atoms with E-state index in [1.165, 1.54) is 29.3 Å². The molecule has 0 spiro atoms. The first-order valence-electron chi connectivity index (χ1n) is 6.22. The molecular weight excluding hydrogens is 298 g/mol. The van der Waals surface area contributed by atoms with Crippen molar-refractivity contribution in [2.75, 3.05) is 19.5 Å². The Balaban J connectivity index is 2.21. The van der Waals surface area contributed by atoms with Gasteiger partial charge in [0.05, 0.1) is 0 Å². The van der Waals surface area contributed by atoms with E-state index in [0.717, 1.165) is 25.4 Å². The van der Waals surface area contributed by atoms with E-state index in [1.54, 1.807) is 0 Å². The Labute approximate surface area is 118 Å². The molecule has 0 heterocycles. The van der Waals surface area contributed by atoms with Crippen molar-refractivity contribution in [2.45, 2.75) is 32.2 Å². The number of alkyl halides is 1. The summed E-state index contributed by atoms with van der Waals surface area (Å²) < 4.78 is 1.20. The molecule has 0 saturated heterocycles. The zero-order valence-electron chi connectivity index (χ0n) is 10.5. The van der Waals surface area contributed by atoms with Crippen LogP contribution in [0.3, 0.4) is 0 Å². The topological polar surface area (TPSA) is 3.24 Å². The quantitative estimate of drug-likeness (QED) is 0.497. The number of benzene rings is 1. The average Bonchev–Trinajstić information content (AvgIpc) is 2.32. The Bertz CT molecular complexity index is 317. The van der Waals surface area contributed by atoms with E-state index in [2.05, 4.69) is 52.1 Å². The summed E-state index contributed by atoms with van der Waals surface area (Å²) in [6.07, 6.45) is 4.95. The van der Waals surface area contributed by atoms with Gasteiger partial charge in [-0.15, -0.1) is 11.6 Å². The second-order valence-electron chi connectivity index (χ2n) is 4.43. The highest BCUT2D eigenvalue weighted by Gasteiger charge is 2.03. The van der Waals surface area contributed by atoms with Gasteiger partial charge in [-0.2, -0.15) is 0 Å². The standard InChI is InChI=1S/C14H21BrClN/c1-17(11-7-3-2-6-10-16)12-13-8-4-5-9-14(13)15/h4-5,8-9H,2-3,6-7,10-12H2,1H3. The molecule has 0 fully saturated rings. The third-order valence-corrected chi connectivity index (χ3v) is 3.86. The third kappa shape index (κ3) is 6.44. The highest BCUT2D eigenvalue weighted by atomic mass is 79.9. The number of halogens is 2. The molecule has 0 radical (unpaired) electrons. The lowest BCUT2D eigenvalue weighted by Gasteiger charge is -2.17. The molecule has 17 heavy (non-hydrogen) atoms. The minimum Gasteiger partial charge on any atom is -0.302 e. The van der Waals surface area contributed by atoms with Crippen LogP contribution in [0.25, 0.3) is 0 Å². The highest BCUT2D eigenvalue weighted by Crippen LogP contribution is 2.17. The fraction of sp³-hybridized carbons (Fsp3) is 0.571. The van der Waals surface area contributed by atoms with Gasteiger partial charge in [0, 0.05) is 16.9 Å². The average molecular weight is 319 g/mol. The molecule has 0 N–H and O–H groups in total. The summed E-state index contributed by atoms with van der Waals surface area (Å²) in [7, 11) is 2.18. The minimum atomic E-state index is 0.798. The van der Waals surface area contributed by atoms with Crippen molar-refractivity contribution in [3.8, 4) is 0 Å². The van der Waals surface area contributed by atoms with Crippen LogP contribution in [0.5, 0.6) is 0 Å². The molecule has 0 saturated carbocycles. The monoisotopic (exact) mass is 317 g/mol. The van der Waals surface area contributed by atoms with Crippen molar-refractivity contribution in [3.05, 3.63) is 34.3 Å². The maximum atomic E-state index is 5.65. The Morgan fingerprint density at radius 3 is 2.53 bits per heavy atom. The van der Waals surface area contributed by atoms with Crippen LogP contribution < -0.4 is 0 Å². The normalized spacial score (nSPS) is 11.1. The molecule has 0 aromatic heterocycles. The first kappa shape index (κ1) is 15.0. The molecule has 0 aliphatic carbocycles. The molecule has 0 aliphatic rings. The summed E-state index contributed by atoms with van der Waals surface area (Å²) in [5, 5.41) is 0. The summed E-state index contributed by atoms with van der Waals surface area (Å²) in [6.45, 7) is 2.17. The van der Waals surface area contributed by atoms with Gasteiger partial charge in [-0.05, 0) is 38.1 Å². The van der Waals surface area contributed by atoms with Crippen molar-refractivity contribution in [1.82, 2.24) is 4.90 Å². The Morgan fingerprint density at radius 1 is 1.12 bits per heavy atom. The lowest BCUT2D eigenvalue weighted by molar-refractivity contribution is 0.316. The van der Waals surface area contributed by atoms with Gasteiger partial charge < -0.3 is 4.90 Å². The molecule has 3 heteroatoms. The van der Waals surface area contributed by atoms with Crippen LogP contribution in [0.2, 0.25) is 0 Å². The fourth-order valence-corrected chi connectivity index (χ4v) is 2.43. The first-order chi connectivity index (χ1) is 8.24. The zero-order valence-corrected chi connectivity index (χ0v) is 12.8. The number of rotatable bonds is 8. The van der Waals surface area contributed by atoms with Gasteiger partial charge >= 0.3 is 0 Å². The Morgan fingerprint density at radius 2 is 1.82 bits per heavy atom. The predicted molar refractivity (Wildman–Crippen MR) is 79.7 cm³/mol. The van der Waals surface area contributed by atoms with E-state index in [-0.39, 0.29) is 0 Å². The molecule has 0 atom stereocenters. The van der Waals surface area contributed by atoms with Gasteiger partial charge in [0.15, 0.2) is 0 Å². The largest absolute Gasteiger partial charge is 0.302 e. The van der Waals surface area contributed by atoms with Crippen LogP contribution in [0.15, 0.2) is 28.7 Å². The summed E-state index contributed by atoms with van der Waals surface area (Å²) in [4.78, 5) is 2.38. The zero-order chi connectivity index (χ0) is 12.5. The van der Waals surface area contributed by atoms with Gasteiger partial charge in [0.25, 0.3) is 0 Å². The molecule has 0 amide bonds. The molecular formula is C14H21BrClN. The van der Waals surface area contributed by atoms with Crippen LogP contribution in [0.4, 0.5) is 0 Å². The third-order valence-electron chi connectivity index (χ3n) is 2.82. The summed E-state index contributed by atoms with van der Waals surface area (Å²) in [5.41, 5.74) is 1.36. The summed E-state index contributed by atoms with van der Waals surface area (Å²) in [6, 6.07) is 8.42.